The van der Waals surface area contributed by atoms with E-state index in [2.05, 4.69) is 59.4 Å². The van der Waals surface area contributed by atoms with Gasteiger partial charge in [0.2, 0.25) is 5.91 Å². The van der Waals surface area contributed by atoms with E-state index in [1.54, 1.807) is 11.3 Å². The van der Waals surface area contributed by atoms with Crippen LogP contribution >= 0.6 is 11.3 Å². The number of nitrogens with one attached hydrogen (secondary N) is 1. The predicted octanol–water partition coefficient (Wildman–Crippen LogP) is 4.97. The third-order valence-electron chi connectivity index (χ3n) is 4.05. The number of hydrogen-bond acceptors (Lipinski definition) is 2. The first-order chi connectivity index (χ1) is 11.7. The molecule has 3 rings (SSSR count). The molecule has 122 valence electrons. The Morgan fingerprint density at radius 3 is 2.75 bits per heavy atom. The highest BCUT2D eigenvalue weighted by Gasteiger charge is 2.07. The Morgan fingerprint density at radius 2 is 1.96 bits per heavy atom. The first-order valence-electron chi connectivity index (χ1n) is 8.15. The number of amides is 1. The largest absolute Gasteiger partial charge is 0.352 e. The van der Waals surface area contributed by atoms with Crippen molar-refractivity contribution in [3.63, 3.8) is 0 Å². The number of rotatable bonds is 6. The molecule has 0 saturated carbocycles. The van der Waals surface area contributed by atoms with Crippen LogP contribution in [0.1, 0.15) is 23.1 Å². The molecule has 3 aromatic rings. The number of hydrogen-bond donors (Lipinski definition) is 1. The second kappa shape index (κ2) is 7.93. The molecule has 0 aliphatic rings. The van der Waals surface area contributed by atoms with Gasteiger partial charge in [-0.3, -0.25) is 4.79 Å². The van der Waals surface area contributed by atoms with Gasteiger partial charge in [0.25, 0.3) is 0 Å². The van der Waals surface area contributed by atoms with Crippen molar-refractivity contribution < 1.29 is 4.79 Å². The molecule has 1 aromatic heterocycles. The first-order valence-corrected chi connectivity index (χ1v) is 9.09. The van der Waals surface area contributed by atoms with Gasteiger partial charge in [-0.25, -0.2) is 0 Å². The standard InChI is InChI=1S/C21H21NOS/c1-16-5-4-6-17(13-16)9-10-21(23)22-14-18-7-2-3-8-20(18)19-11-12-24-15-19/h2-8,11-13,15H,9-10,14H2,1H3,(H,22,23). The summed E-state index contributed by atoms with van der Waals surface area (Å²) in [5, 5.41) is 7.26. The van der Waals surface area contributed by atoms with Gasteiger partial charge in [0.15, 0.2) is 0 Å². The van der Waals surface area contributed by atoms with Crippen molar-refractivity contribution in [1.29, 1.82) is 0 Å². The molecule has 3 heteroatoms. The summed E-state index contributed by atoms with van der Waals surface area (Å²) >= 11 is 1.69. The first kappa shape index (κ1) is 16.5. The summed E-state index contributed by atoms with van der Waals surface area (Å²) in [4.78, 5) is 12.2. The molecule has 24 heavy (non-hydrogen) atoms. The molecule has 2 aromatic carbocycles. The van der Waals surface area contributed by atoms with Crippen molar-refractivity contribution in [1.82, 2.24) is 5.32 Å². The molecule has 1 heterocycles. The second-order valence-corrected chi connectivity index (χ2v) is 6.71. The Hall–Kier alpha value is -2.39. The zero-order chi connectivity index (χ0) is 16.8. The summed E-state index contributed by atoms with van der Waals surface area (Å²) in [5.74, 6) is 0.0941. The summed E-state index contributed by atoms with van der Waals surface area (Å²) in [6.07, 6.45) is 1.30. The predicted molar refractivity (Wildman–Crippen MR) is 101 cm³/mol. The van der Waals surface area contributed by atoms with Crippen molar-refractivity contribution in [2.24, 2.45) is 0 Å². The molecule has 0 radical (unpaired) electrons. The van der Waals surface area contributed by atoms with Crippen LogP contribution in [0.5, 0.6) is 0 Å². The quantitative estimate of drug-likeness (QED) is 0.677. The maximum absolute atomic E-state index is 12.2. The van der Waals surface area contributed by atoms with E-state index in [0.717, 1.165) is 12.0 Å². The van der Waals surface area contributed by atoms with Crippen LogP contribution in [0.4, 0.5) is 0 Å². The molecule has 0 spiro atoms. The lowest BCUT2D eigenvalue weighted by Crippen LogP contribution is -2.23. The van der Waals surface area contributed by atoms with Gasteiger partial charge < -0.3 is 5.32 Å². The summed E-state index contributed by atoms with van der Waals surface area (Å²) in [5.41, 5.74) is 6.00. The van der Waals surface area contributed by atoms with E-state index in [4.69, 9.17) is 0 Å². The second-order valence-electron chi connectivity index (χ2n) is 5.93. The van der Waals surface area contributed by atoms with Crippen LogP contribution in [0.2, 0.25) is 0 Å². The summed E-state index contributed by atoms with van der Waals surface area (Å²) < 4.78 is 0. The molecule has 0 fully saturated rings. The summed E-state index contributed by atoms with van der Waals surface area (Å²) in [6, 6.07) is 18.7. The Labute approximate surface area is 147 Å². The number of carbonyl (C=O) groups is 1. The zero-order valence-electron chi connectivity index (χ0n) is 13.8. The van der Waals surface area contributed by atoms with Crippen LogP contribution < -0.4 is 5.32 Å². The van der Waals surface area contributed by atoms with E-state index >= 15 is 0 Å². The number of thiophene rings is 1. The van der Waals surface area contributed by atoms with Gasteiger partial charge in [-0.15, -0.1) is 0 Å². The minimum atomic E-state index is 0.0941. The molecule has 1 N–H and O–H groups in total. The lowest BCUT2D eigenvalue weighted by molar-refractivity contribution is -0.121. The lowest BCUT2D eigenvalue weighted by atomic mass is 10.0. The van der Waals surface area contributed by atoms with E-state index in [1.807, 2.05) is 18.2 Å². The molecular weight excluding hydrogens is 314 g/mol. The maximum Gasteiger partial charge on any atom is 0.220 e. The molecule has 0 unspecified atom stereocenters. The Kier molecular flexibility index (Phi) is 5.44. The monoisotopic (exact) mass is 335 g/mol. The van der Waals surface area contributed by atoms with Crippen molar-refractivity contribution in [3.05, 3.63) is 82.0 Å². The molecule has 1 amide bonds. The van der Waals surface area contributed by atoms with Crippen molar-refractivity contribution in [3.8, 4) is 11.1 Å². The van der Waals surface area contributed by atoms with Crippen LogP contribution in [0, 0.1) is 6.92 Å². The van der Waals surface area contributed by atoms with Crippen LogP contribution in [-0.4, -0.2) is 5.91 Å². The fraction of sp³-hybridized carbons (Fsp3) is 0.190. The van der Waals surface area contributed by atoms with Crippen LogP contribution in [-0.2, 0) is 17.8 Å². The molecule has 0 atom stereocenters. The molecule has 2 nitrogen and oxygen atoms in total. The topological polar surface area (TPSA) is 29.1 Å². The average Bonchev–Trinajstić information content (AvgIpc) is 3.13. The average molecular weight is 335 g/mol. The van der Waals surface area contributed by atoms with E-state index in [0.29, 0.717) is 13.0 Å². The van der Waals surface area contributed by atoms with Gasteiger partial charge in [-0.2, -0.15) is 11.3 Å². The molecule has 0 bridgehead atoms. The van der Waals surface area contributed by atoms with Gasteiger partial charge in [-0.05, 0) is 52.4 Å². The normalized spacial score (nSPS) is 10.5. The van der Waals surface area contributed by atoms with Gasteiger partial charge in [0.05, 0.1) is 0 Å². The van der Waals surface area contributed by atoms with Gasteiger partial charge in [0, 0.05) is 13.0 Å². The van der Waals surface area contributed by atoms with Crippen molar-refractivity contribution in [2.75, 3.05) is 0 Å². The van der Waals surface area contributed by atoms with E-state index in [9.17, 15) is 4.79 Å². The van der Waals surface area contributed by atoms with E-state index < -0.39 is 0 Å². The van der Waals surface area contributed by atoms with Crippen molar-refractivity contribution >= 4 is 17.2 Å². The van der Waals surface area contributed by atoms with Gasteiger partial charge >= 0.3 is 0 Å². The highest BCUT2D eigenvalue weighted by molar-refractivity contribution is 7.08. The molecule has 0 aliphatic carbocycles. The fourth-order valence-electron chi connectivity index (χ4n) is 2.78. The lowest BCUT2D eigenvalue weighted by Gasteiger charge is -2.10. The smallest absolute Gasteiger partial charge is 0.220 e. The van der Waals surface area contributed by atoms with Crippen LogP contribution in [0.25, 0.3) is 11.1 Å². The Balaban J connectivity index is 1.57. The Morgan fingerprint density at radius 1 is 1.08 bits per heavy atom. The molecule has 0 aliphatic heterocycles. The summed E-state index contributed by atoms with van der Waals surface area (Å²) in [6.45, 7) is 2.64. The highest BCUT2D eigenvalue weighted by Crippen LogP contribution is 2.25. The zero-order valence-corrected chi connectivity index (χ0v) is 14.6. The number of aryl methyl sites for hydroxylation is 2. The molecule has 0 saturated heterocycles. The maximum atomic E-state index is 12.2. The molecular formula is C21H21NOS. The van der Waals surface area contributed by atoms with Crippen LogP contribution in [0.3, 0.4) is 0 Å². The SMILES string of the molecule is Cc1cccc(CCC(=O)NCc2ccccc2-c2ccsc2)c1. The van der Waals surface area contributed by atoms with Crippen LogP contribution in [0.15, 0.2) is 65.4 Å². The Bertz CT molecular complexity index is 808. The highest BCUT2D eigenvalue weighted by atomic mass is 32.1. The van der Waals surface area contributed by atoms with Crippen molar-refractivity contribution in [2.45, 2.75) is 26.3 Å². The van der Waals surface area contributed by atoms with Gasteiger partial charge in [-0.1, -0.05) is 54.1 Å². The minimum absolute atomic E-state index is 0.0941. The summed E-state index contributed by atoms with van der Waals surface area (Å²) in [7, 11) is 0. The third kappa shape index (κ3) is 4.33. The van der Waals surface area contributed by atoms with E-state index in [-0.39, 0.29) is 5.91 Å². The fourth-order valence-corrected chi connectivity index (χ4v) is 3.44. The van der Waals surface area contributed by atoms with Gasteiger partial charge in [0.1, 0.15) is 0 Å². The minimum Gasteiger partial charge on any atom is -0.352 e. The number of carbonyl (C=O) groups excluding carboxylic acids is 1. The number of benzene rings is 2. The van der Waals surface area contributed by atoms with E-state index in [1.165, 1.54) is 22.3 Å². The third-order valence-corrected chi connectivity index (χ3v) is 4.73.